The van der Waals surface area contributed by atoms with Crippen molar-refractivity contribution in [3.05, 3.63) is 58.5 Å². The Balaban J connectivity index is 2.26. The fourth-order valence-electron chi connectivity index (χ4n) is 1.81. The standard InChI is InChI=1S/C14H11BrF3NO2/c15-12-6-2-1-5-11(12)13(20)19(9-14(16,17)18)8-10-4-3-7-21-10/h1-7H,8-9H2. The first-order valence-electron chi connectivity index (χ1n) is 6.00. The van der Waals surface area contributed by atoms with E-state index in [1.807, 2.05) is 0 Å². The molecule has 0 saturated carbocycles. The van der Waals surface area contributed by atoms with Gasteiger partial charge in [-0.05, 0) is 40.2 Å². The van der Waals surface area contributed by atoms with Crippen molar-refractivity contribution >= 4 is 21.8 Å². The van der Waals surface area contributed by atoms with E-state index in [0.29, 0.717) is 15.1 Å². The highest BCUT2D eigenvalue weighted by molar-refractivity contribution is 9.10. The van der Waals surface area contributed by atoms with E-state index < -0.39 is 18.6 Å². The molecule has 3 nitrogen and oxygen atoms in total. The van der Waals surface area contributed by atoms with Gasteiger partial charge in [-0.15, -0.1) is 0 Å². The van der Waals surface area contributed by atoms with Crippen LogP contribution in [0.25, 0.3) is 0 Å². The number of nitrogens with zero attached hydrogens (tertiary/aromatic N) is 1. The molecule has 0 unspecified atom stereocenters. The number of hydrogen-bond donors (Lipinski definition) is 0. The normalized spacial score (nSPS) is 11.4. The molecule has 0 aliphatic heterocycles. The summed E-state index contributed by atoms with van der Waals surface area (Å²) in [4.78, 5) is 13.0. The highest BCUT2D eigenvalue weighted by Crippen LogP contribution is 2.23. The van der Waals surface area contributed by atoms with E-state index in [2.05, 4.69) is 15.9 Å². The monoisotopic (exact) mass is 361 g/mol. The van der Waals surface area contributed by atoms with Gasteiger partial charge in [-0.1, -0.05) is 12.1 Å². The molecule has 0 spiro atoms. The lowest BCUT2D eigenvalue weighted by atomic mass is 10.2. The molecule has 0 aliphatic carbocycles. The van der Waals surface area contributed by atoms with Crippen LogP contribution in [-0.2, 0) is 6.54 Å². The van der Waals surface area contributed by atoms with Crippen molar-refractivity contribution in [1.29, 1.82) is 0 Å². The Kier molecular flexibility index (Phi) is 4.72. The highest BCUT2D eigenvalue weighted by Gasteiger charge is 2.34. The van der Waals surface area contributed by atoms with Gasteiger partial charge in [-0.25, -0.2) is 0 Å². The van der Waals surface area contributed by atoms with Gasteiger partial charge >= 0.3 is 6.18 Å². The number of alkyl halides is 3. The zero-order valence-corrected chi connectivity index (χ0v) is 12.3. The second-order valence-corrected chi connectivity index (χ2v) is 5.19. The molecule has 1 heterocycles. The van der Waals surface area contributed by atoms with Gasteiger partial charge in [0.25, 0.3) is 5.91 Å². The summed E-state index contributed by atoms with van der Waals surface area (Å²) in [6.45, 7) is -1.58. The van der Waals surface area contributed by atoms with Crippen molar-refractivity contribution in [3.63, 3.8) is 0 Å². The minimum absolute atomic E-state index is 0.174. The first kappa shape index (κ1) is 15.6. The fourth-order valence-corrected chi connectivity index (χ4v) is 2.27. The van der Waals surface area contributed by atoms with Crippen LogP contribution in [0, 0.1) is 0 Å². The Bertz CT molecular complexity index is 611. The molecule has 1 amide bonds. The molecule has 2 rings (SSSR count). The second-order valence-electron chi connectivity index (χ2n) is 4.34. The molecule has 0 N–H and O–H groups in total. The molecule has 7 heteroatoms. The molecule has 1 aromatic heterocycles. The van der Waals surface area contributed by atoms with Crippen LogP contribution in [0.2, 0.25) is 0 Å². The quantitative estimate of drug-likeness (QED) is 0.815. The van der Waals surface area contributed by atoms with Gasteiger partial charge in [-0.2, -0.15) is 13.2 Å². The predicted molar refractivity (Wildman–Crippen MR) is 73.6 cm³/mol. The van der Waals surface area contributed by atoms with Gasteiger partial charge in [0, 0.05) is 4.47 Å². The predicted octanol–water partition coefficient (Wildman–Crippen LogP) is 4.25. The summed E-state index contributed by atoms with van der Waals surface area (Å²) in [7, 11) is 0. The molecule has 0 bridgehead atoms. The van der Waals surface area contributed by atoms with E-state index >= 15 is 0 Å². The number of carbonyl (C=O) groups is 1. The van der Waals surface area contributed by atoms with Crippen LogP contribution in [0.5, 0.6) is 0 Å². The van der Waals surface area contributed by atoms with Gasteiger partial charge in [0.1, 0.15) is 12.3 Å². The average Bonchev–Trinajstić information content (AvgIpc) is 2.89. The zero-order chi connectivity index (χ0) is 15.5. The Morgan fingerprint density at radius 1 is 1.19 bits per heavy atom. The van der Waals surface area contributed by atoms with Crippen LogP contribution in [-0.4, -0.2) is 23.5 Å². The minimum atomic E-state index is -4.48. The molecule has 21 heavy (non-hydrogen) atoms. The van der Waals surface area contributed by atoms with Crippen molar-refractivity contribution in [2.45, 2.75) is 12.7 Å². The first-order chi connectivity index (χ1) is 9.87. The van der Waals surface area contributed by atoms with Gasteiger partial charge in [0.15, 0.2) is 0 Å². The maximum absolute atomic E-state index is 12.7. The lowest BCUT2D eigenvalue weighted by Crippen LogP contribution is -2.38. The third kappa shape index (κ3) is 4.35. The molecule has 0 saturated heterocycles. The van der Waals surface area contributed by atoms with Crippen LogP contribution in [0.1, 0.15) is 16.1 Å². The van der Waals surface area contributed by atoms with Crippen molar-refractivity contribution in [2.24, 2.45) is 0 Å². The lowest BCUT2D eigenvalue weighted by molar-refractivity contribution is -0.142. The summed E-state index contributed by atoms with van der Waals surface area (Å²) in [5.74, 6) is -0.421. The number of hydrogen-bond acceptors (Lipinski definition) is 2. The third-order valence-corrected chi connectivity index (χ3v) is 3.38. The summed E-state index contributed by atoms with van der Waals surface area (Å²) in [5, 5.41) is 0. The lowest BCUT2D eigenvalue weighted by Gasteiger charge is -2.23. The maximum atomic E-state index is 12.7. The zero-order valence-electron chi connectivity index (χ0n) is 10.7. The minimum Gasteiger partial charge on any atom is -0.467 e. The Morgan fingerprint density at radius 3 is 2.48 bits per heavy atom. The average molecular weight is 362 g/mol. The SMILES string of the molecule is O=C(c1ccccc1Br)N(Cc1ccco1)CC(F)(F)F. The Hall–Kier alpha value is -1.76. The molecule has 0 aliphatic rings. The number of carbonyl (C=O) groups excluding carboxylic acids is 1. The molecule has 1 aromatic carbocycles. The molecular formula is C14H11BrF3NO2. The molecule has 0 fully saturated rings. The van der Waals surface area contributed by atoms with Gasteiger partial charge in [0.05, 0.1) is 18.4 Å². The highest BCUT2D eigenvalue weighted by atomic mass is 79.9. The van der Waals surface area contributed by atoms with Gasteiger partial charge in [0.2, 0.25) is 0 Å². The number of halogens is 4. The fraction of sp³-hybridized carbons (Fsp3) is 0.214. The van der Waals surface area contributed by atoms with E-state index in [0.717, 1.165) is 0 Å². The van der Waals surface area contributed by atoms with E-state index in [-0.39, 0.29) is 12.1 Å². The van der Waals surface area contributed by atoms with E-state index in [1.54, 1.807) is 24.3 Å². The smallest absolute Gasteiger partial charge is 0.406 e. The van der Waals surface area contributed by atoms with Crippen molar-refractivity contribution in [2.75, 3.05) is 6.54 Å². The van der Waals surface area contributed by atoms with Crippen molar-refractivity contribution < 1.29 is 22.4 Å². The van der Waals surface area contributed by atoms with Gasteiger partial charge in [-0.3, -0.25) is 4.79 Å². The summed E-state index contributed by atoms with van der Waals surface area (Å²) >= 11 is 3.17. The van der Waals surface area contributed by atoms with Crippen LogP contribution in [0.15, 0.2) is 51.6 Å². The third-order valence-electron chi connectivity index (χ3n) is 2.69. The Labute approximate surface area is 127 Å². The summed E-state index contributed by atoms with van der Waals surface area (Å²) in [6.07, 6.45) is -3.13. The van der Waals surface area contributed by atoms with E-state index in [1.165, 1.54) is 18.4 Å². The van der Waals surface area contributed by atoms with E-state index in [4.69, 9.17) is 4.42 Å². The maximum Gasteiger partial charge on any atom is 0.406 e. The molecule has 2 aromatic rings. The summed E-state index contributed by atoms with van der Waals surface area (Å²) < 4.78 is 43.5. The van der Waals surface area contributed by atoms with Gasteiger partial charge < -0.3 is 9.32 Å². The largest absolute Gasteiger partial charge is 0.467 e. The van der Waals surface area contributed by atoms with E-state index in [9.17, 15) is 18.0 Å². The molecule has 0 radical (unpaired) electrons. The molecular weight excluding hydrogens is 351 g/mol. The van der Waals surface area contributed by atoms with Crippen molar-refractivity contribution in [1.82, 2.24) is 4.90 Å². The first-order valence-corrected chi connectivity index (χ1v) is 6.79. The summed E-state index contributed by atoms with van der Waals surface area (Å²) in [6, 6.07) is 9.43. The number of benzene rings is 1. The Morgan fingerprint density at radius 2 is 1.90 bits per heavy atom. The van der Waals surface area contributed by atoms with Crippen LogP contribution in [0.4, 0.5) is 13.2 Å². The summed E-state index contributed by atoms with van der Waals surface area (Å²) in [5.41, 5.74) is 0.174. The van der Waals surface area contributed by atoms with Crippen LogP contribution in [0.3, 0.4) is 0 Å². The number of rotatable bonds is 4. The number of amides is 1. The molecule has 0 atom stereocenters. The van der Waals surface area contributed by atoms with Crippen LogP contribution < -0.4 is 0 Å². The number of furan rings is 1. The molecule has 112 valence electrons. The second kappa shape index (κ2) is 6.34. The van der Waals surface area contributed by atoms with Crippen molar-refractivity contribution in [3.8, 4) is 0 Å². The topological polar surface area (TPSA) is 33.5 Å². The van der Waals surface area contributed by atoms with Crippen LogP contribution >= 0.6 is 15.9 Å².